The van der Waals surface area contributed by atoms with Gasteiger partial charge in [0.1, 0.15) is 6.04 Å². The van der Waals surface area contributed by atoms with Gasteiger partial charge < -0.3 is 15.2 Å². The van der Waals surface area contributed by atoms with Gasteiger partial charge in [0, 0.05) is 43.0 Å². The van der Waals surface area contributed by atoms with Gasteiger partial charge in [0.25, 0.3) is 0 Å². The zero-order valence-corrected chi connectivity index (χ0v) is 19.7. The molecule has 2 aromatic rings. The van der Waals surface area contributed by atoms with Crippen LogP contribution in [0, 0.1) is 29.1 Å². The van der Waals surface area contributed by atoms with E-state index in [0.717, 1.165) is 40.8 Å². The Morgan fingerprint density at radius 2 is 1.72 bits per heavy atom. The molecule has 1 atom stereocenters. The molecule has 172 valence electrons. The Kier molecular flexibility index (Phi) is 5.55. The number of aromatic nitrogens is 1. The number of carbonyl (C=O) groups excluding carboxylic acids is 2. The lowest BCUT2D eigenvalue weighted by Gasteiger charge is -2.57. The summed E-state index contributed by atoms with van der Waals surface area (Å²) in [6.07, 6.45) is 10.5. The molecule has 1 unspecified atom stereocenters. The zero-order chi connectivity index (χ0) is 22.5. The molecule has 1 aromatic carbocycles. The van der Waals surface area contributed by atoms with Gasteiger partial charge in [0.05, 0.1) is 0 Å². The molecule has 5 nitrogen and oxygen atoms in total. The Labute approximate surface area is 191 Å². The van der Waals surface area contributed by atoms with Crippen molar-refractivity contribution in [2.45, 2.75) is 64.8 Å². The molecule has 0 radical (unpaired) electrons. The van der Waals surface area contributed by atoms with Crippen molar-refractivity contribution in [2.75, 3.05) is 13.6 Å². The Morgan fingerprint density at radius 1 is 1.09 bits per heavy atom. The van der Waals surface area contributed by atoms with Crippen molar-refractivity contribution >= 4 is 22.7 Å². The third-order valence-electron chi connectivity index (χ3n) is 8.35. The van der Waals surface area contributed by atoms with E-state index in [-0.39, 0.29) is 17.7 Å². The average Bonchev–Trinajstić information content (AvgIpc) is 3.14. The molecule has 0 saturated heterocycles. The Morgan fingerprint density at radius 3 is 2.34 bits per heavy atom. The van der Waals surface area contributed by atoms with Gasteiger partial charge in [0.15, 0.2) is 0 Å². The second kappa shape index (κ2) is 8.24. The monoisotopic (exact) mass is 435 g/mol. The molecule has 6 rings (SSSR count). The number of nitrogens with zero attached hydrogens (tertiary/aromatic N) is 1. The first-order valence-electron chi connectivity index (χ1n) is 12.4. The van der Waals surface area contributed by atoms with Gasteiger partial charge in [-0.15, -0.1) is 0 Å². The highest BCUT2D eigenvalue weighted by molar-refractivity contribution is 5.90. The van der Waals surface area contributed by atoms with Crippen molar-refractivity contribution in [3.05, 3.63) is 36.0 Å². The maximum absolute atomic E-state index is 13.7. The number of H-pyrrole nitrogens is 1. The molecule has 5 heteroatoms. The van der Waals surface area contributed by atoms with E-state index in [4.69, 9.17) is 0 Å². The van der Waals surface area contributed by atoms with Gasteiger partial charge in [-0.2, -0.15) is 0 Å². The molecule has 4 bridgehead atoms. The van der Waals surface area contributed by atoms with E-state index in [1.807, 2.05) is 50.2 Å². The molecule has 1 aromatic heterocycles. The Hall–Kier alpha value is -2.30. The predicted molar refractivity (Wildman–Crippen MR) is 127 cm³/mol. The quantitative estimate of drug-likeness (QED) is 0.671. The van der Waals surface area contributed by atoms with Gasteiger partial charge >= 0.3 is 0 Å². The van der Waals surface area contributed by atoms with Crippen molar-refractivity contribution < 1.29 is 9.59 Å². The van der Waals surface area contributed by atoms with Gasteiger partial charge in [-0.3, -0.25) is 9.59 Å². The van der Waals surface area contributed by atoms with E-state index in [0.29, 0.717) is 11.8 Å². The highest BCUT2D eigenvalue weighted by atomic mass is 16.2. The Bertz CT molecular complexity index is 972. The Balaban J connectivity index is 1.34. The van der Waals surface area contributed by atoms with Crippen molar-refractivity contribution in [2.24, 2.45) is 29.1 Å². The number of para-hydroxylation sites is 1. The molecular formula is C27H37N3O2. The van der Waals surface area contributed by atoms with E-state index in [9.17, 15) is 9.59 Å². The molecule has 4 fully saturated rings. The fourth-order valence-corrected chi connectivity index (χ4v) is 7.39. The first-order chi connectivity index (χ1) is 15.3. The van der Waals surface area contributed by atoms with Crippen LogP contribution in [0.25, 0.3) is 10.9 Å². The third kappa shape index (κ3) is 4.06. The molecule has 32 heavy (non-hydrogen) atoms. The molecule has 4 aliphatic carbocycles. The van der Waals surface area contributed by atoms with Crippen LogP contribution in [0.4, 0.5) is 0 Å². The van der Waals surface area contributed by atoms with Crippen LogP contribution in [0.1, 0.15) is 57.9 Å². The van der Waals surface area contributed by atoms with Gasteiger partial charge in [-0.25, -0.2) is 0 Å². The number of benzene rings is 1. The molecular weight excluding hydrogens is 398 g/mol. The molecule has 2 N–H and O–H groups in total. The number of hydrogen-bond acceptors (Lipinski definition) is 2. The lowest BCUT2D eigenvalue weighted by molar-refractivity contribution is -0.140. The van der Waals surface area contributed by atoms with Crippen LogP contribution in [0.15, 0.2) is 30.5 Å². The number of amides is 2. The van der Waals surface area contributed by atoms with Crippen LogP contribution >= 0.6 is 0 Å². The first-order valence-corrected chi connectivity index (χ1v) is 12.4. The normalized spacial score (nSPS) is 29.4. The summed E-state index contributed by atoms with van der Waals surface area (Å²) in [6.45, 7) is 4.58. The average molecular weight is 436 g/mol. The molecule has 1 heterocycles. The van der Waals surface area contributed by atoms with E-state index in [2.05, 4.69) is 16.4 Å². The standard InChI is InChI=1S/C27H37N3O2/c1-17(2)25(31)29-24(11-21-15-28-23-7-5-4-6-22(21)23)26(32)30(3)16-27-12-18-8-19(13-27)10-20(9-18)14-27/h4-7,15,17-20,24,28H,8-14,16H2,1-3H3,(H,29,31). The maximum atomic E-state index is 13.7. The summed E-state index contributed by atoms with van der Waals surface area (Å²) in [5, 5.41) is 4.18. The topological polar surface area (TPSA) is 65.2 Å². The number of fused-ring (bicyclic) bond motifs is 1. The minimum atomic E-state index is -0.539. The van der Waals surface area contributed by atoms with Crippen molar-refractivity contribution in [1.29, 1.82) is 0 Å². The number of rotatable bonds is 7. The number of aromatic amines is 1. The maximum Gasteiger partial charge on any atom is 0.245 e. The zero-order valence-electron chi connectivity index (χ0n) is 19.7. The largest absolute Gasteiger partial charge is 0.361 e. The summed E-state index contributed by atoms with van der Waals surface area (Å²) < 4.78 is 0. The third-order valence-corrected chi connectivity index (χ3v) is 8.35. The predicted octanol–water partition coefficient (Wildman–Crippen LogP) is 4.53. The minimum Gasteiger partial charge on any atom is -0.361 e. The number of likely N-dealkylation sites (N-methyl/N-ethyl adjacent to an activating group) is 1. The number of carbonyl (C=O) groups is 2. The van der Waals surface area contributed by atoms with Crippen LogP contribution in [0.3, 0.4) is 0 Å². The lowest BCUT2D eigenvalue weighted by atomic mass is 9.49. The molecule has 4 saturated carbocycles. The fourth-order valence-electron chi connectivity index (χ4n) is 7.39. The van der Waals surface area contributed by atoms with Gasteiger partial charge in [0.2, 0.25) is 11.8 Å². The highest BCUT2D eigenvalue weighted by Gasteiger charge is 2.51. The van der Waals surface area contributed by atoms with Crippen molar-refractivity contribution in [1.82, 2.24) is 15.2 Å². The van der Waals surface area contributed by atoms with Gasteiger partial charge in [-0.05, 0) is 73.3 Å². The molecule has 4 aliphatic rings. The number of nitrogens with one attached hydrogen (secondary N) is 2. The SMILES string of the molecule is CC(C)C(=O)NC(Cc1c[nH]c2ccccc12)C(=O)N(C)CC12CC3CC(CC(C3)C1)C2. The second-order valence-corrected chi connectivity index (χ2v) is 11.4. The summed E-state index contributed by atoms with van der Waals surface area (Å²) >= 11 is 0. The fraction of sp³-hybridized carbons (Fsp3) is 0.630. The number of hydrogen-bond donors (Lipinski definition) is 2. The van der Waals surface area contributed by atoms with E-state index in [1.165, 1.54) is 38.5 Å². The van der Waals surface area contributed by atoms with Crippen molar-refractivity contribution in [3.63, 3.8) is 0 Å². The van der Waals surface area contributed by atoms with Gasteiger partial charge in [-0.1, -0.05) is 32.0 Å². The highest BCUT2D eigenvalue weighted by Crippen LogP contribution is 2.60. The van der Waals surface area contributed by atoms with Crippen molar-refractivity contribution in [3.8, 4) is 0 Å². The summed E-state index contributed by atoms with van der Waals surface area (Å²) in [5.74, 6) is 2.43. The van der Waals surface area contributed by atoms with Crippen LogP contribution in [-0.2, 0) is 16.0 Å². The smallest absolute Gasteiger partial charge is 0.245 e. The summed E-state index contributed by atoms with van der Waals surface area (Å²) in [6, 6.07) is 7.60. The summed E-state index contributed by atoms with van der Waals surface area (Å²) in [7, 11) is 1.95. The summed E-state index contributed by atoms with van der Waals surface area (Å²) in [4.78, 5) is 31.5. The lowest BCUT2D eigenvalue weighted by Crippen LogP contribution is -2.55. The second-order valence-electron chi connectivity index (χ2n) is 11.4. The minimum absolute atomic E-state index is 0.0417. The van der Waals surface area contributed by atoms with Crippen LogP contribution in [0.2, 0.25) is 0 Å². The summed E-state index contributed by atoms with van der Waals surface area (Å²) in [5.41, 5.74) is 2.43. The van der Waals surface area contributed by atoms with Crippen LogP contribution in [-0.4, -0.2) is 41.3 Å². The van der Waals surface area contributed by atoms with Crippen LogP contribution < -0.4 is 5.32 Å². The van der Waals surface area contributed by atoms with Crippen LogP contribution in [0.5, 0.6) is 0 Å². The molecule has 0 aliphatic heterocycles. The van der Waals surface area contributed by atoms with E-state index in [1.54, 1.807) is 0 Å². The van der Waals surface area contributed by atoms with E-state index < -0.39 is 6.04 Å². The molecule has 0 spiro atoms. The first kappa shape index (κ1) is 21.5. The molecule has 2 amide bonds. The van der Waals surface area contributed by atoms with E-state index >= 15 is 0 Å².